The number of nitrogens with zero attached hydrogens (tertiary/aromatic N) is 1. The van der Waals surface area contributed by atoms with Crippen molar-refractivity contribution in [2.75, 3.05) is 0 Å². The van der Waals surface area contributed by atoms with E-state index in [0.717, 1.165) is 19.3 Å². The number of para-hydroxylation sites is 2. The van der Waals surface area contributed by atoms with Crippen molar-refractivity contribution in [3.8, 4) is 50.2 Å². The van der Waals surface area contributed by atoms with Crippen LogP contribution in [0.3, 0.4) is 0 Å². The number of aryl methyl sites for hydroxylation is 1. The molecule has 9 aromatic carbocycles. The average molecular weight is 810 g/mol. The normalized spacial score (nSPS) is 15.6. The summed E-state index contributed by atoms with van der Waals surface area (Å²) in [5.41, 5.74) is 21.5. The van der Waals surface area contributed by atoms with Gasteiger partial charge < -0.3 is 4.57 Å². The summed E-state index contributed by atoms with van der Waals surface area (Å²) >= 11 is 1.94. The van der Waals surface area contributed by atoms with Crippen LogP contribution in [-0.2, 0) is 12.8 Å². The summed E-state index contributed by atoms with van der Waals surface area (Å²) in [7, 11) is 0. The Kier molecular flexibility index (Phi) is 8.08. The minimum atomic E-state index is 0.235. The first kappa shape index (κ1) is 35.7. The van der Waals surface area contributed by atoms with E-state index in [1.165, 1.54) is 120 Å². The van der Waals surface area contributed by atoms with E-state index in [9.17, 15) is 0 Å². The van der Waals surface area contributed by atoms with Crippen molar-refractivity contribution in [1.82, 2.24) is 4.57 Å². The van der Waals surface area contributed by atoms with Crippen molar-refractivity contribution in [2.24, 2.45) is 0 Å². The monoisotopic (exact) mass is 809 g/mol. The SMILES string of the molecule is C[C@@H]1Cc2ccc(-c3cc(C4CCc5cccc(-c6ccc7c(c6)c6ccccc6n7-c6ccccc6)c5-c5ccccc54)cc4c3sc3ccccc34)cc2-c2ccccc21. The molecular weight excluding hydrogens is 767 g/mol. The Morgan fingerprint density at radius 3 is 2.08 bits per heavy atom. The zero-order valence-corrected chi connectivity index (χ0v) is 35.4. The van der Waals surface area contributed by atoms with Crippen LogP contribution in [0.4, 0.5) is 0 Å². The zero-order valence-electron chi connectivity index (χ0n) is 34.6. The van der Waals surface area contributed by atoms with Gasteiger partial charge in [0, 0.05) is 42.6 Å². The first-order valence-electron chi connectivity index (χ1n) is 22.1. The van der Waals surface area contributed by atoms with E-state index in [0.29, 0.717) is 5.92 Å². The molecule has 11 aromatic rings. The molecule has 2 aliphatic rings. The Morgan fingerprint density at radius 1 is 0.468 bits per heavy atom. The van der Waals surface area contributed by atoms with E-state index in [1.807, 2.05) is 11.3 Å². The lowest BCUT2D eigenvalue weighted by Gasteiger charge is -2.26. The quantitative estimate of drug-likeness (QED) is 0.167. The first-order valence-corrected chi connectivity index (χ1v) is 23.0. The molecule has 2 heterocycles. The molecule has 1 nitrogen and oxygen atoms in total. The molecule has 0 aliphatic heterocycles. The van der Waals surface area contributed by atoms with Crippen LogP contribution in [0.2, 0.25) is 0 Å². The highest BCUT2D eigenvalue weighted by Gasteiger charge is 2.28. The molecule has 0 amide bonds. The summed E-state index contributed by atoms with van der Waals surface area (Å²) < 4.78 is 5.13. The average Bonchev–Trinajstić information content (AvgIpc) is 3.81. The summed E-state index contributed by atoms with van der Waals surface area (Å²) in [6, 6.07) is 73.5. The largest absolute Gasteiger partial charge is 0.309 e. The van der Waals surface area contributed by atoms with Crippen LogP contribution < -0.4 is 0 Å². The van der Waals surface area contributed by atoms with Crippen LogP contribution in [0.15, 0.2) is 194 Å². The molecule has 2 aromatic heterocycles. The van der Waals surface area contributed by atoms with Crippen molar-refractivity contribution >= 4 is 53.3 Å². The topological polar surface area (TPSA) is 4.93 Å². The summed E-state index contributed by atoms with van der Waals surface area (Å²) in [6.45, 7) is 2.37. The Bertz CT molecular complexity index is 3580. The van der Waals surface area contributed by atoms with Gasteiger partial charge in [0.1, 0.15) is 0 Å². The van der Waals surface area contributed by atoms with Gasteiger partial charge in [0.15, 0.2) is 0 Å². The fraction of sp³-hybridized carbons (Fsp3) is 0.100. The molecule has 0 saturated carbocycles. The minimum absolute atomic E-state index is 0.235. The lowest BCUT2D eigenvalue weighted by Crippen LogP contribution is -2.08. The van der Waals surface area contributed by atoms with E-state index in [4.69, 9.17) is 0 Å². The van der Waals surface area contributed by atoms with Crippen molar-refractivity contribution in [2.45, 2.75) is 38.0 Å². The second-order valence-corrected chi connectivity index (χ2v) is 18.6. The molecule has 0 fully saturated rings. The summed E-state index contributed by atoms with van der Waals surface area (Å²) in [6.07, 6.45) is 3.13. The molecule has 2 aliphatic carbocycles. The zero-order chi connectivity index (χ0) is 40.9. The van der Waals surface area contributed by atoms with Gasteiger partial charge >= 0.3 is 0 Å². The number of hydrogen-bond acceptors (Lipinski definition) is 1. The van der Waals surface area contributed by atoms with Crippen molar-refractivity contribution in [3.05, 3.63) is 222 Å². The van der Waals surface area contributed by atoms with Gasteiger partial charge in [-0.2, -0.15) is 0 Å². The predicted molar refractivity (Wildman–Crippen MR) is 264 cm³/mol. The van der Waals surface area contributed by atoms with Crippen molar-refractivity contribution in [1.29, 1.82) is 0 Å². The number of thiophene rings is 1. The summed E-state index contributed by atoms with van der Waals surface area (Å²) in [4.78, 5) is 0. The van der Waals surface area contributed by atoms with E-state index in [1.54, 1.807) is 0 Å². The molecule has 62 heavy (non-hydrogen) atoms. The highest BCUT2D eigenvalue weighted by Crippen LogP contribution is 2.50. The Labute approximate surface area is 366 Å². The third-order valence-corrected chi connectivity index (χ3v) is 15.3. The number of aromatic nitrogens is 1. The molecule has 1 unspecified atom stereocenters. The molecule has 0 bridgehead atoms. The van der Waals surface area contributed by atoms with Gasteiger partial charge in [-0.3, -0.25) is 0 Å². The third-order valence-electron chi connectivity index (χ3n) is 14.1. The molecule has 2 atom stereocenters. The highest BCUT2D eigenvalue weighted by atomic mass is 32.1. The summed E-state index contributed by atoms with van der Waals surface area (Å²) in [5, 5.41) is 5.28. The van der Waals surface area contributed by atoms with Crippen molar-refractivity contribution < 1.29 is 0 Å². The van der Waals surface area contributed by atoms with Crippen molar-refractivity contribution in [3.63, 3.8) is 0 Å². The fourth-order valence-electron chi connectivity index (χ4n) is 11.2. The molecule has 0 spiro atoms. The molecule has 13 rings (SSSR count). The molecule has 294 valence electrons. The van der Waals surface area contributed by atoms with Crippen LogP contribution in [0.25, 0.3) is 92.2 Å². The second kappa shape index (κ2) is 14.0. The summed E-state index contributed by atoms with van der Waals surface area (Å²) in [5.74, 6) is 0.755. The predicted octanol–water partition coefficient (Wildman–Crippen LogP) is 16.6. The number of rotatable bonds is 4. The maximum atomic E-state index is 2.56. The van der Waals surface area contributed by atoms with E-state index >= 15 is 0 Å². The number of fused-ring (bicyclic) bond motifs is 12. The van der Waals surface area contributed by atoms with Gasteiger partial charge in [-0.25, -0.2) is 0 Å². The number of benzene rings is 9. The van der Waals surface area contributed by atoms with E-state index in [2.05, 4.69) is 206 Å². The second-order valence-electron chi connectivity index (χ2n) is 17.5. The number of hydrogen-bond donors (Lipinski definition) is 0. The van der Waals surface area contributed by atoms with Crippen LogP contribution in [-0.4, -0.2) is 4.57 Å². The Morgan fingerprint density at radius 2 is 1.18 bits per heavy atom. The van der Waals surface area contributed by atoms with Crippen LogP contribution in [0, 0.1) is 0 Å². The van der Waals surface area contributed by atoms with Gasteiger partial charge in [-0.15, -0.1) is 11.3 Å². The smallest absolute Gasteiger partial charge is 0.0541 e. The molecule has 0 saturated heterocycles. The molecule has 0 N–H and O–H groups in total. The Balaban J connectivity index is 0.981. The van der Waals surface area contributed by atoms with E-state index in [-0.39, 0.29) is 5.92 Å². The first-order chi connectivity index (χ1) is 30.7. The van der Waals surface area contributed by atoms with Gasteiger partial charge in [0.25, 0.3) is 0 Å². The fourth-order valence-corrected chi connectivity index (χ4v) is 12.5. The standard InChI is InChI=1S/C60H43NS/c1-37-32-39-26-27-41(33-52(39)47-18-6-5-17-44(37)47)53-35-42(36-55-50-21-10-12-25-58(50)62-60(53)55)45-30-28-38-14-13-23-46(59(38)51-22-8-7-19-48(45)51)40-29-31-57-54(34-40)49-20-9-11-24-56(49)61(57)43-15-3-2-4-16-43/h2-27,29,31,33-37,45H,28,30,32H2,1H3/t37-,45?/m1/s1. The highest BCUT2D eigenvalue weighted by molar-refractivity contribution is 7.26. The maximum absolute atomic E-state index is 2.56. The van der Waals surface area contributed by atoms with Gasteiger partial charge in [-0.1, -0.05) is 146 Å². The molecule has 2 heteroatoms. The van der Waals surface area contributed by atoms with Gasteiger partial charge in [0.05, 0.1) is 11.0 Å². The third kappa shape index (κ3) is 5.46. The molecule has 0 radical (unpaired) electrons. The lowest BCUT2D eigenvalue weighted by molar-refractivity contribution is 0.727. The van der Waals surface area contributed by atoms with E-state index < -0.39 is 0 Å². The Hall–Kier alpha value is -7.00. The van der Waals surface area contributed by atoms with Crippen LogP contribution in [0.5, 0.6) is 0 Å². The maximum Gasteiger partial charge on any atom is 0.0541 e. The van der Waals surface area contributed by atoms with Crippen LogP contribution >= 0.6 is 11.3 Å². The minimum Gasteiger partial charge on any atom is -0.309 e. The molecular formula is C60H43NS. The lowest BCUT2D eigenvalue weighted by atomic mass is 9.78. The van der Waals surface area contributed by atoms with Crippen LogP contribution in [0.1, 0.15) is 53.0 Å². The van der Waals surface area contributed by atoms with Gasteiger partial charge in [-0.05, 0) is 152 Å². The van der Waals surface area contributed by atoms with Gasteiger partial charge in [0.2, 0.25) is 0 Å².